The summed E-state index contributed by atoms with van der Waals surface area (Å²) in [7, 11) is 0. The van der Waals surface area contributed by atoms with Crippen LogP contribution >= 0.6 is 63.7 Å². The van der Waals surface area contributed by atoms with Gasteiger partial charge < -0.3 is 0 Å². The topological polar surface area (TPSA) is 15.9 Å². The normalized spacial score (nSPS) is 17.8. The van der Waals surface area contributed by atoms with Crippen molar-refractivity contribution in [1.29, 1.82) is 0 Å². The van der Waals surface area contributed by atoms with Gasteiger partial charge in [0, 0.05) is 42.2 Å². The summed E-state index contributed by atoms with van der Waals surface area (Å²) in [6.07, 6.45) is 9.36. The highest BCUT2D eigenvalue weighted by atomic mass is 79.9. The summed E-state index contributed by atoms with van der Waals surface area (Å²) < 4.78 is 14.7. The molecule has 2 aromatic heterocycles. The third kappa shape index (κ3) is 3.85. The van der Waals surface area contributed by atoms with Crippen LogP contribution in [0.15, 0.2) is 175 Å². The van der Waals surface area contributed by atoms with Gasteiger partial charge in [-0.15, -0.1) is 0 Å². The van der Waals surface area contributed by atoms with Crippen molar-refractivity contribution < 1.29 is 9.15 Å². The van der Waals surface area contributed by atoms with E-state index in [1.807, 2.05) is 0 Å². The van der Waals surface area contributed by atoms with Crippen LogP contribution in [0.1, 0.15) is 33.6 Å². The molecule has 0 bridgehead atoms. The molecule has 0 unspecified atom stereocenters. The minimum atomic E-state index is -0.805. The van der Waals surface area contributed by atoms with Crippen molar-refractivity contribution in [3.05, 3.63) is 219 Å². The Morgan fingerprint density at radius 3 is 1.06 bits per heavy atom. The van der Waals surface area contributed by atoms with Crippen LogP contribution in [-0.4, -0.2) is 29.7 Å². The first-order valence-electron chi connectivity index (χ1n) is 17.4. The van der Waals surface area contributed by atoms with Gasteiger partial charge in [-0.05, 0) is 95.1 Å². The molecule has 0 fully saturated rings. The van der Waals surface area contributed by atoms with Crippen LogP contribution in [0, 0.1) is 0 Å². The Labute approximate surface area is 338 Å². The van der Waals surface area contributed by atoms with Gasteiger partial charge in [-0.25, -0.2) is 0 Å². The number of nitrogens with zero attached hydrogens (tertiary/aromatic N) is 4. The Balaban J connectivity index is 1.32. The summed E-state index contributed by atoms with van der Waals surface area (Å²) >= 11 is 14.8. The second-order valence-electron chi connectivity index (χ2n) is 13.9. The molecule has 0 amide bonds. The molecule has 8 heteroatoms. The first-order chi connectivity index (χ1) is 25.9. The number of benzene rings is 4. The van der Waals surface area contributed by atoms with E-state index >= 15 is 0 Å². The third-order valence-electron chi connectivity index (χ3n) is 11.3. The maximum absolute atomic E-state index is 3.70. The van der Waals surface area contributed by atoms with Crippen molar-refractivity contribution in [3.63, 3.8) is 0 Å². The van der Waals surface area contributed by atoms with Gasteiger partial charge in [0.25, 0.3) is 0 Å². The SMILES string of the molecule is Brc1ccc(C2=C3C=CC4=[N+]3C35n6c2ccc6C(c2ccc(Br)cc2)=C2C=CC(=[N+]23)C(c2ccc(Br)cc2)=c2ccc(n25)=C4c2ccc(Br)cc2)cc1. The minimum absolute atomic E-state index is 0.805. The summed E-state index contributed by atoms with van der Waals surface area (Å²) in [6, 6.07) is 44.4. The van der Waals surface area contributed by atoms with Gasteiger partial charge in [-0.2, -0.15) is 9.13 Å². The zero-order valence-electron chi connectivity index (χ0n) is 27.7. The Kier molecular flexibility index (Phi) is 6.26. The minimum Gasteiger partial charge on any atom is -0.198 e. The number of allylic oxidation sites excluding steroid dienone is 4. The monoisotopic (exact) mass is 936 g/mol. The Bertz CT molecular complexity index is 2840. The number of aromatic nitrogens is 2. The summed E-state index contributed by atoms with van der Waals surface area (Å²) in [5, 5.41) is 2.37. The van der Waals surface area contributed by atoms with Crippen LogP contribution in [0.2, 0.25) is 0 Å². The summed E-state index contributed by atoms with van der Waals surface area (Å²) in [5.41, 5.74) is 16.7. The molecule has 0 saturated carbocycles. The first-order valence-corrected chi connectivity index (χ1v) is 20.5. The van der Waals surface area contributed by atoms with Crippen LogP contribution in [0.3, 0.4) is 0 Å². The zero-order chi connectivity index (χ0) is 35.3. The number of hydrogen-bond donors (Lipinski definition) is 0. The molecule has 6 aromatic rings. The average molecular weight is 940 g/mol. The predicted molar refractivity (Wildman–Crippen MR) is 224 cm³/mol. The van der Waals surface area contributed by atoms with Gasteiger partial charge in [0.05, 0.1) is 44.4 Å². The van der Waals surface area contributed by atoms with E-state index in [2.05, 4.69) is 228 Å². The maximum atomic E-state index is 3.70. The van der Waals surface area contributed by atoms with Gasteiger partial charge in [0.2, 0.25) is 22.8 Å². The highest BCUT2D eigenvalue weighted by Crippen LogP contribution is 2.53. The van der Waals surface area contributed by atoms with Crippen molar-refractivity contribution in [2.24, 2.45) is 0 Å². The lowest BCUT2D eigenvalue weighted by Gasteiger charge is -2.41. The Morgan fingerprint density at radius 2 is 0.698 bits per heavy atom. The quantitative estimate of drug-likeness (QED) is 0.157. The van der Waals surface area contributed by atoms with Crippen molar-refractivity contribution in [3.8, 4) is 0 Å². The van der Waals surface area contributed by atoms with Crippen LogP contribution in [-0.2, 0) is 5.91 Å². The van der Waals surface area contributed by atoms with Crippen molar-refractivity contribution in [2.75, 3.05) is 0 Å². The molecule has 0 saturated heterocycles. The van der Waals surface area contributed by atoms with Gasteiger partial charge in [0.15, 0.2) is 0 Å². The van der Waals surface area contributed by atoms with Crippen LogP contribution in [0.4, 0.5) is 0 Å². The Morgan fingerprint density at radius 1 is 0.358 bits per heavy atom. The highest BCUT2D eigenvalue weighted by molar-refractivity contribution is 9.11. The predicted octanol–water partition coefficient (Wildman–Crippen LogP) is 9.47. The van der Waals surface area contributed by atoms with E-state index in [4.69, 9.17) is 0 Å². The van der Waals surface area contributed by atoms with Crippen LogP contribution < -0.4 is 10.7 Å². The third-order valence-corrected chi connectivity index (χ3v) is 13.4. The molecule has 6 aliphatic rings. The molecule has 4 nitrogen and oxygen atoms in total. The van der Waals surface area contributed by atoms with Crippen LogP contribution in [0.5, 0.6) is 0 Å². The summed E-state index contributed by atoms with van der Waals surface area (Å²) in [6.45, 7) is 0. The molecule has 0 aliphatic carbocycles. The number of halogens is 4. The zero-order valence-corrected chi connectivity index (χ0v) is 34.0. The molecule has 4 aromatic carbocycles. The van der Waals surface area contributed by atoms with E-state index < -0.39 is 5.91 Å². The molecule has 1 spiro atoms. The number of hydrogen-bond acceptors (Lipinski definition) is 0. The van der Waals surface area contributed by atoms with E-state index in [1.54, 1.807) is 0 Å². The molecule has 0 radical (unpaired) electrons. The fraction of sp³-hybridized carbons (Fsp3) is 0.0222. The maximum Gasteiger partial charge on any atom is 0.553 e. The van der Waals surface area contributed by atoms with Gasteiger partial charge >= 0.3 is 5.91 Å². The smallest absolute Gasteiger partial charge is 0.198 e. The second-order valence-corrected chi connectivity index (χ2v) is 17.5. The van der Waals surface area contributed by atoms with Crippen molar-refractivity contribution in [2.45, 2.75) is 5.91 Å². The van der Waals surface area contributed by atoms with Crippen LogP contribution in [0.25, 0.3) is 22.3 Å². The average Bonchev–Trinajstić information content (AvgIpc) is 3.99. The van der Waals surface area contributed by atoms with E-state index in [1.165, 1.54) is 89.4 Å². The first kappa shape index (κ1) is 30.8. The van der Waals surface area contributed by atoms with E-state index in [-0.39, 0.29) is 0 Å². The van der Waals surface area contributed by atoms with Crippen molar-refractivity contribution >= 4 is 97.4 Å². The van der Waals surface area contributed by atoms with Gasteiger partial charge in [-0.1, -0.05) is 121 Å². The molecule has 0 atom stereocenters. The largest absolute Gasteiger partial charge is 0.553 e. The van der Waals surface area contributed by atoms with E-state index in [9.17, 15) is 0 Å². The summed E-state index contributed by atoms with van der Waals surface area (Å²) in [5.74, 6) is -0.805. The molecule has 6 aliphatic heterocycles. The Hall–Kier alpha value is -4.60. The molecule has 0 N–H and O–H groups in total. The summed E-state index contributed by atoms with van der Waals surface area (Å²) in [4.78, 5) is 0. The fourth-order valence-corrected chi connectivity index (χ4v) is 10.4. The van der Waals surface area contributed by atoms with Gasteiger partial charge in [-0.3, -0.25) is 0 Å². The molecular formula is C45H24Br4N4+2. The lowest BCUT2D eigenvalue weighted by atomic mass is 9.93. The number of rotatable bonds is 4. The lowest BCUT2D eigenvalue weighted by Crippen LogP contribution is -2.71. The molecular weight excluding hydrogens is 916 g/mol. The highest BCUT2D eigenvalue weighted by Gasteiger charge is 2.72. The molecule has 53 heavy (non-hydrogen) atoms. The lowest BCUT2D eigenvalue weighted by molar-refractivity contribution is -0.834. The fourth-order valence-electron chi connectivity index (χ4n) is 9.37. The second kappa shape index (κ2) is 10.8. The molecule has 12 rings (SSSR count). The standard InChI is InChI=1S/C45H24Br4N4/c46-29-9-1-25(2-10-29)41-33-17-19-35-42(26-3-11-30(47)12-4-26)37-21-23-39-44(28-7-15-32(49)16-8-28)40-24-22-38-43(27-5-13-31(48)14-6-27)36-20-18-34(41)51(36)45(50(33)35,52(37)39)53(38)40/h1-24H/q+2. The van der Waals surface area contributed by atoms with E-state index in [0.717, 1.165) is 17.9 Å². The van der Waals surface area contributed by atoms with Crippen molar-refractivity contribution in [1.82, 2.24) is 9.13 Å². The molecule has 8 heterocycles. The van der Waals surface area contributed by atoms with Gasteiger partial charge in [0.1, 0.15) is 0 Å². The molecule has 250 valence electrons. The van der Waals surface area contributed by atoms with E-state index in [0.29, 0.717) is 0 Å².